The number of hydrogen-bond donors (Lipinski definition) is 0. The average molecular weight is 189 g/mol. The molecule has 0 N–H and O–H groups in total. The van der Waals surface area contributed by atoms with Crippen molar-refractivity contribution in [3.63, 3.8) is 0 Å². The lowest BCUT2D eigenvalue weighted by Gasteiger charge is -2.30. The highest BCUT2D eigenvalue weighted by Gasteiger charge is 2.15. The zero-order valence-corrected chi connectivity index (χ0v) is 8.66. The van der Waals surface area contributed by atoms with Crippen molar-refractivity contribution in [2.24, 2.45) is 0 Å². The standard InChI is InChI=1S/C12H15NO/c1-10-8-9-14-13(11(10)2)12-6-4-3-5-7-12/h3-7H,8-9H2,1-2H3. The molecular formula is C12H15NO. The van der Waals surface area contributed by atoms with E-state index < -0.39 is 0 Å². The van der Waals surface area contributed by atoms with E-state index in [-0.39, 0.29) is 0 Å². The van der Waals surface area contributed by atoms with E-state index >= 15 is 0 Å². The maximum absolute atomic E-state index is 5.62. The molecule has 0 saturated heterocycles. The molecule has 1 aromatic carbocycles. The van der Waals surface area contributed by atoms with E-state index in [9.17, 15) is 0 Å². The Hall–Kier alpha value is -1.28. The topological polar surface area (TPSA) is 12.5 Å². The van der Waals surface area contributed by atoms with Gasteiger partial charge in [-0.25, -0.2) is 5.06 Å². The van der Waals surface area contributed by atoms with Crippen molar-refractivity contribution in [3.05, 3.63) is 41.6 Å². The first-order chi connectivity index (χ1) is 6.79. The minimum atomic E-state index is 0.776. The third kappa shape index (κ3) is 1.66. The molecule has 74 valence electrons. The highest BCUT2D eigenvalue weighted by atomic mass is 16.7. The Kier molecular flexibility index (Phi) is 2.55. The lowest BCUT2D eigenvalue weighted by molar-refractivity contribution is 0.115. The van der Waals surface area contributed by atoms with Crippen LogP contribution >= 0.6 is 0 Å². The molecule has 0 atom stereocenters. The van der Waals surface area contributed by atoms with Gasteiger partial charge in [-0.2, -0.15) is 0 Å². The molecule has 0 radical (unpaired) electrons. The predicted octanol–water partition coefficient (Wildman–Crippen LogP) is 3.12. The van der Waals surface area contributed by atoms with Gasteiger partial charge in [0.15, 0.2) is 0 Å². The first kappa shape index (κ1) is 9.28. The van der Waals surface area contributed by atoms with E-state index in [1.807, 2.05) is 23.3 Å². The van der Waals surface area contributed by atoms with Crippen molar-refractivity contribution < 1.29 is 4.84 Å². The van der Waals surface area contributed by atoms with Gasteiger partial charge in [-0.05, 0) is 38.0 Å². The summed E-state index contributed by atoms with van der Waals surface area (Å²) in [4.78, 5) is 5.62. The second-order valence-electron chi connectivity index (χ2n) is 3.58. The molecule has 0 unspecified atom stereocenters. The van der Waals surface area contributed by atoms with Crippen LogP contribution in [0.2, 0.25) is 0 Å². The van der Waals surface area contributed by atoms with Crippen molar-refractivity contribution >= 4 is 5.69 Å². The molecule has 2 rings (SSSR count). The Morgan fingerprint density at radius 3 is 2.57 bits per heavy atom. The van der Waals surface area contributed by atoms with Gasteiger partial charge in [-0.3, -0.25) is 4.84 Å². The second-order valence-corrected chi connectivity index (χ2v) is 3.58. The molecule has 0 spiro atoms. The first-order valence-corrected chi connectivity index (χ1v) is 4.93. The number of allylic oxidation sites excluding steroid dienone is 1. The summed E-state index contributed by atoms with van der Waals surface area (Å²) in [5.41, 5.74) is 3.71. The largest absolute Gasteiger partial charge is 0.269 e. The number of anilines is 1. The highest BCUT2D eigenvalue weighted by molar-refractivity contribution is 5.49. The molecule has 2 nitrogen and oxygen atoms in total. The van der Waals surface area contributed by atoms with Crippen molar-refractivity contribution in [3.8, 4) is 0 Å². The van der Waals surface area contributed by atoms with Crippen molar-refractivity contribution in [1.82, 2.24) is 0 Å². The molecule has 14 heavy (non-hydrogen) atoms. The predicted molar refractivity (Wildman–Crippen MR) is 57.9 cm³/mol. The molecule has 0 fully saturated rings. The van der Waals surface area contributed by atoms with Gasteiger partial charge in [-0.15, -0.1) is 0 Å². The highest BCUT2D eigenvalue weighted by Crippen LogP contribution is 2.25. The molecule has 0 aromatic heterocycles. The molecule has 1 aliphatic heterocycles. The zero-order valence-electron chi connectivity index (χ0n) is 8.66. The average Bonchev–Trinajstić information content (AvgIpc) is 2.23. The van der Waals surface area contributed by atoms with Gasteiger partial charge in [0.25, 0.3) is 0 Å². The summed E-state index contributed by atoms with van der Waals surface area (Å²) >= 11 is 0. The minimum absolute atomic E-state index is 0.776. The smallest absolute Gasteiger partial charge is 0.0791 e. The molecule has 0 saturated carbocycles. The van der Waals surface area contributed by atoms with E-state index in [4.69, 9.17) is 4.84 Å². The van der Waals surface area contributed by atoms with Gasteiger partial charge in [-0.1, -0.05) is 18.2 Å². The summed E-state index contributed by atoms with van der Waals surface area (Å²) in [7, 11) is 0. The zero-order chi connectivity index (χ0) is 9.97. The Morgan fingerprint density at radius 2 is 1.86 bits per heavy atom. The fraction of sp³-hybridized carbons (Fsp3) is 0.333. The number of rotatable bonds is 1. The van der Waals surface area contributed by atoms with Gasteiger partial charge >= 0.3 is 0 Å². The van der Waals surface area contributed by atoms with Crippen LogP contribution in [0.5, 0.6) is 0 Å². The maximum Gasteiger partial charge on any atom is 0.0791 e. The molecular weight excluding hydrogens is 174 g/mol. The molecule has 1 aromatic rings. The van der Waals surface area contributed by atoms with Crippen LogP contribution in [0.4, 0.5) is 5.69 Å². The number of nitrogens with zero attached hydrogens (tertiary/aromatic N) is 1. The van der Waals surface area contributed by atoms with Gasteiger partial charge in [0.05, 0.1) is 12.3 Å². The Labute approximate surface area is 84.8 Å². The molecule has 2 heteroatoms. The van der Waals surface area contributed by atoms with Crippen LogP contribution in [0, 0.1) is 0 Å². The Morgan fingerprint density at radius 1 is 1.14 bits per heavy atom. The minimum Gasteiger partial charge on any atom is -0.269 e. The molecule has 0 bridgehead atoms. The molecule has 1 heterocycles. The van der Waals surface area contributed by atoms with Crippen molar-refractivity contribution in [2.45, 2.75) is 20.3 Å². The van der Waals surface area contributed by atoms with Crippen molar-refractivity contribution in [1.29, 1.82) is 0 Å². The van der Waals surface area contributed by atoms with Gasteiger partial charge < -0.3 is 0 Å². The third-order valence-corrected chi connectivity index (χ3v) is 2.61. The van der Waals surface area contributed by atoms with Gasteiger partial charge in [0, 0.05) is 5.70 Å². The van der Waals surface area contributed by atoms with E-state index in [1.54, 1.807) is 0 Å². The summed E-state index contributed by atoms with van der Waals surface area (Å²) in [6.07, 6.45) is 1.04. The first-order valence-electron chi connectivity index (χ1n) is 4.93. The quantitative estimate of drug-likeness (QED) is 0.673. The normalized spacial score (nSPS) is 17.4. The number of hydrogen-bond acceptors (Lipinski definition) is 2. The summed E-state index contributed by atoms with van der Waals surface area (Å²) < 4.78 is 0. The van der Waals surface area contributed by atoms with Gasteiger partial charge in [0.1, 0.15) is 0 Å². The van der Waals surface area contributed by atoms with Crippen molar-refractivity contribution in [2.75, 3.05) is 11.7 Å². The van der Waals surface area contributed by atoms with Crippen LogP contribution in [0.1, 0.15) is 20.3 Å². The third-order valence-electron chi connectivity index (χ3n) is 2.61. The summed E-state index contributed by atoms with van der Waals surface area (Å²) in [5, 5.41) is 1.92. The molecule has 1 aliphatic rings. The van der Waals surface area contributed by atoms with E-state index in [0.29, 0.717) is 0 Å². The van der Waals surface area contributed by atoms with E-state index in [0.717, 1.165) is 18.7 Å². The van der Waals surface area contributed by atoms with Crippen LogP contribution in [0.15, 0.2) is 41.6 Å². The lowest BCUT2D eigenvalue weighted by Crippen LogP contribution is -2.27. The molecule has 0 amide bonds. The number of benzene rings is 1. The summed E-state index contributed by atoms with van der Waals surface area (Å²) in [6.45, 7) is 5.04. The summed E-state index contributed by atoms with van der Waals surface area (Å²) in [5.74, 6) is 0. The molecule has 0 aliphatic carbocycles. The SMILES string of the molecule is CC1=C(C)N(c2ccccc2)OCC1. The fourth-order valence-corrected chi connectivity index (χ4v) is 1.57. The van der Waals surface area contributed by atoms with E-state index in [2.05, 4.69) is 26.0 Å². The number of para-hydroxylation sites is 1. The Bertz CT molecular complexity index is 343. The fourth-order valence-electron chi connectivity index (χ4n) is 1.57. The monoisotopic (exact) mass is 189 g/mol. The van der Waals surface area contributed by atoms with Gasteiger partial charge in [0.2, 0.25) is 0 Å². The van der Waals surface area contributed by atoms with Crippen LogP contribution < -0.4 is 5.06 Å². The van der Waals surface area contributed by atoms with Crippen LogP contribution in [0.25, 0.3) is 0 Å². The van der Waals surface area contributed by atoms with Crippen LogP contribution in [0.3, 0.4) is 0 Å². The number of hydroxylamine groups is 1. The van der Waals surface area contributed by atoms with Crippen LogP contribution in [-0.4, -0.2) is 6.61 Å². The Balaban J connectivity index is 2.32. The maximum atomic E-state index is 5.62. The van der Waals surface area contributed by atoms with E-state index in [1.165, 1.54) is 11.3 Å². The summed E-state index contributed by atoms with van der Waals surface area (Å²) in [6, 6.07) is 10.2. The lowest BCUT2D eigenvalue weighted by atomic mass is 10.1. The van der Waals surface area contributed by atoms with Crippen LogP contribution in [-0.2, 0) is 4.84 Å². The second kappa shape index (κ2) is 3.84.